The Morgan fingerprint density at radius 3 is 2.54 bits per heavy atom. The van der Waals surface area contributed by atoms with E-state index in [9.17, 15) is 0 Å². The first kappa shape index (κ1) is 15.7. The number of pyridine rings is 2. The first-order valence-electron chi connectivity index (χ1n) is 8.72. The van der Waals surface area contributed by atoms with E-state index in [2.05, 4.69) is 31.9 Å². The summed E-state index contributed by atoms with van der Waals surface area (Å²) < 4.78 is 6.12. The Balaban J connectivity index is 1.28. The predicted molar refractivity (Wildman–Crippen MR) is 92.3 cm³/mol. The summed E-state index contributed by atoms with van der Waals surface area (Å²) >= 11 is 0. The second-order valence-electron chi connectivity index (χ2n) is 6.78. The van der Waals surface area contributed by atoms with Gasteiger partial charge in [0.1, 0.15) is 0 Å². The lowest BCUT2D eigenvalue weighted by Crippen LogP contribution is -2.49. The topological polar surface area (TPSA) is 41.5 Å². The Kier molecular flexibility index (Phi) is 4.83. The molecule has 4 rings (SSSR count). The first-order valence-corrected chi connectivity index (χ1v) is 8.72. The molecule has 0 unspecified atom stereocenters. The van der Waals surface area contributed by atoms with Crippen molar-refractivity contribution in [1.82, 2.24) is 19.8 Å². The minimum absolute atomic E-state index is 0.341. The average Bonchev–Trinajstić information content (AvgIpc) is 3.04. The van der Waals surface area contributed by atoms with Crippen LogP contribution in [0.5, 0.6) is 0 Å². The lowest BCUT2D eigenvalue weighted by molar-refractivity contribution is 0.0457. The molecule has 0 amide bonds. The van der Waals surface area contributed by atoms with Gasteiger partial charge in [0.15, 0.2) is 0 Å². The molecule has 5 heteroatoms. The molecule has 0 radical (unpaired) electrons. The molecule has 24 heavy (non-hydrogen) atoms. The smallest absolute Gasteiger partial charge is 0.0736 e. The summed E-state index contributed by atoms with van der Waals surface area (Å²) in [5.41, 5.74) is 2.45. The summed E-state index contributed by atoms with van der Waals surface area (Å²) in [5, 5.41) is 0. The monoisotopic (exact) mass is 324 g/mol. The molecule has 0 aromatic carbocycles. The number of rotatable bonds is 5. The summed E-state index contributed by atoms with van der Waals surface area (Å²) in [6.45, 7) is 6.11. The van der Waals surface area contributed by atoms with Gasteiger partial charge in [-0.15, -0.1) is 0 Å². The molecule has 2 saturated heterocycles. The summed E-state index contributed by atoms with van der Waals surface area (Å²) in [7, 11) is 0. The number of nitrogens with zero attached hydrogens (tertiary/aromatic N) is 4. The molecule has 4 heterocycles. The summed E-state index contributed by atoms with van der Waals surface area (Å²) in [5.74, 6) is 0. The molecule has 2 aromatic rings. The summed E-state index contributed by atoms with van der Waals surface area (Å²) in [6, 6.07) is 8.84. The van der Waals surface area contributed by atoms with Crippen LogP contribution in [0, 0.1) is 0 Å². The Bertz CT molecular complexity index is 636. The van der Waals surface area contributed by atoms with Crippen molar-refractivity contribution in [3.63, 3.8) is 0 Å². The van der Waals surface area contributed by atoms with Crippen LogP contribution in [0.25, 0.3) is 0 Å². The zero-order valence-corrected chi connectivity index (χ0v) is 13.9. The fourth-order valence-corrected chi connectivity index (χ4v) is 3.77. The van der Waals surface area contributed by atoms with E-state index in [0.29, 0.717) is 18.8 Å². The Hall–Kier alpha value is -1.82. The van der Waals surface area contributed by atoms with Crippen LogP contribution in [0.15, 0.2) is 49.1 Å². The van der Waals surface area contributed by atoms with Crippen molar-refractivity contribution < 1.29 is 4.74 Å². The number of aromatic nitrogens is 2. The van der Waals surface area contributed by atoms with Crippen LogP contribution in [0.2, 0.25) is 0 Å². The molecule has 126 valence electrons. The zero-order valence-electron chi connectivity index (χ0n) is 13.9. The third-order valence-corrected chi connectivity index (χ3v) is 5.00. The van der Waals surface area contributed by atoms with Crippen molar-refractivity contribution in [2.24, 2.45) is 0 Å². The third kappa shape index (κ3) is 3.80. The summed E-state index contributed by atoms with van der Waals surface area (Å²) in [4.78, 5) is 13.5. The second kappa shape index (κ2) is 7.38. The van der Waals surface area contributed by atoms with Gasteiger partial charge in [-0.2, -0.15) is 0 Å². The molecule has 0 saturated carbocycles. The van der Waals surface area contributed by atoms with Gasteiger partial charge in [0.2, 0.25) is 0 Å². The average molecular weight is 324 g/mol. The molecular formula is C19H24N4O. The van der Waals surface area contributed by atoms with Crippen LogP contribution in [-0.2, 0) is 17.9 Å². The van der Waals surface area contributed by atoms with E-state index in [1.807, 2.05) is 30.7 Å². The number of fused-ring (bicyclic) bond motifs is 1. The number of hydrogen-bond donors (Lipinski definition) is 0. The van der Waals surface area contributed by atoms with E-state index in [1.165, 1.54) is 5.56 Å². The number of hydrogen-bond acceptors (Lipinski definition) is 5. The van der Waals surface area contributed by atoms with E-state index in [0.717, 1.165) is 44.7 Å². The van der Waals surface area contributed by atoms with Gasteiger partial charge in [0.05, 0.1) is 12.7 Å². The number of piperazine rings is 1. The van der Waals surface area contributed by atoms with Crippen molar-refractivity contribution in [3.8, 4) is 0 Å². The van der Waals surface area contributed by atoms with Gasteiger partial charge >= 0.3 is 0 Å². The molecule has 0 N–H and O–H groups in total. The Morgan fingerprint density at radius 2 is 1.79 bits per heavy atom. The molecular weight excluding hydrogens is 300 g/mol. The maximum Gasteiger partial charge on any atom is 0.0736 e. The molecule has 0 spiro atoms. The first-order chi connectivity index (χ1) is 11.9. The van der Waals surface area contributed by atoms with Crippen molar-refractivity contribution in [3.05, 3.63) is 60.2 Å². The van der Waals surface area contributed by atoms with Crippen LogP contribution in [0.3, 0.4) is 0 Å². The van der Waals surface area contributed by atoms with Crippen molar-refractivity contribution in [2.45, 2.75) is 31.7 Å². The highest BCUT2D eigenvalue weighted by Gasteiger charge is 2.36. The van der Waals surface area contributed by atoms with Crippen LogP contribution in [0.1, 0.15) is 17.5 Å². The van der Waals surface area contributed by atoms with E-state index < -0.39 is 0 Å². The Labute approximate surface area is 143 Å². The van der Waals surface area contributed by atoms with Gasteiger partial charge in [-0.1, -0.05) is 12.1 Å². The second-order valence-corrected chi connectivity index (χ2v) is 6.78. The van der Waals surface area contributed by atoms with Crippen LogP contribution < -0.4 is 0 Å². The quantitative estimate of drug-likeness (QED) is 0.841. The minimum Gasteiger partial charge on any atom is -0.372 e. The SMILES string of the molecule is c1cncc(CO[C@@H]2C[C@H]3CN(Cc4cccnc4)CCN3C2)c1. The van der Waals surface area contributed by atoms with Gasteiger partial charge in [-0.25, -0.2) is 0 Å². The van der Waals surface area contributed by atoms with Crippen molar-refractivity contribution >= 4 is 0 Å². The lowest BCUT2D eigenvalue weighted by Gasteiger charge is -2.37. The van der Waals surface area contributed by atoms with Gasteiger partial charge in [-0.05, 0) is 29.7 Å². The van der Waals surface area contributed by atoms with Gasteiger partial charge in [0.25, 0.3) is 0 Å². The largest absolute Gasteiger partial charge is 0.372 e. The van der Waals surface area contributed by atoms with Gasteiger partial charge in [-0.3, -0.25) is 19.8 Å². The number of ether oxygens (including phenoxy) is 1. The molecule has 5 nitrogen and oxygen atoms in total. The molecule has 2 atom stereocenters. The van der Waals surface area contributed by atoms with E-state index in [-0.39, 0.29) is 0 Å². The van der Waals surface area contributed by atoms with E-state index in [4.69, 9.17) is 4.74 Å². The van der Waals surface area contributed by atoms with Crippen LogP contribution in [-0.4, -0.2) is 58.1 Å². The molecule has 2 aliphatic rings. The zero-order chi connectivity index (χ0) is 16.2. The summed E-state index contributed by atoms with van der Waals surface area (Å²) in [6.07, 6.45) is 8.97. The fourth-order valence-electron chi connectivity index (χ4n) is 3.77. The fraction of sp³-hybridized carbons (Fsp3) is 0.474. The van der Waals surface area contributed by atoms with Gasteiger partial charge < -0.3 is 4.74 Å². The highest BCUT2D eigenvalue weighted by Crippen LogP contribution is 2.25. The lowest BCUT2D eigenvalue weighted by atomic mass is 10.1. The molecule has 0 aliphatic carbocycles. The third-order valence-electron chi connectivity index (χ3n) is 5.00. The molecule has 2 aliphatic heterocycles. The maximum atomic E-state index is 6.12. The van der Waals surface area contributed by atoms with E-state index >= 15 is 0 Å². The molecule has 0 bridgehead atoms. The minimum atomic E-state index is 0.341. The standard InChI is InChI=1S/C19H24N4O/c1-3-16(10-20-5-1)12-22-7-8-23-14-19(9-18(23)13-22)24-15-17-4-2-6-21-11-17/h1-6,10-11,18-19H,7-9,12-15H2/t18-,19+/m0/s1. The molecule has 2 aromatic heterocycles. The van der Waals surface area contributed by atoms with Crippen molar-refractivity contribution in [2.75, 3.05) is 26.2 Å². The Morgan fingerprint density at radius 1 is 1.00 bits per heavy atom. The van der Waals surface area contributed by atoms with Crippen LogP contribution in [0.4, 0.5) is 0 Å². The highest BCUT2D eigenvalue weighted by molar-refractivity contribution is 5.09. The van der Waals surface area contributed by atoms with Crippen LogP contribution >= 0.6 is 0 Å². The van der Waals surface area contributed by atoms with Crippen molar-refractivity contribution in [1.29, 1.82) is 0 Å². The molecule has 2 fully saturated rings. The normalized spacial score (nSPS) is 24.8. The van der Waals surface area contributed by atoms with Gasteiger partial charge in [0, 0.05) is 63.6 Å². The predicted octanol–water partition coefficient (Wildman–Crippen LogP) is 1.95. The highest BCUT2D eigenvalue weighted by atomic mass is 16.5. The maximum absolute atomic E-state index is 6.12. The van der Waals surface area contributed by atoms with E-state index in [1.54, 1.807) is 6.20 Å².